The second-order valence-corrected chi connectivity index (χ2v) is 7.72. The van der Waals surface area contributed by atoms with Crippen molar-refractivity contribution in [3.63, 3.8) is 0 Å². The number of rotatable bonds is 4. The lowest BCUT2D eigenvalue weighted by Gasteiger charge is -2.49. The second kappa shape index (κ2) is 7.95. The van der Waals surface area contributed by atoms with Gasteiger partial charge in [0.15, 0.2) is 0 Å². The first-order chi connectivity index (χ1) is 11.2. The molecule has 0 radical (unpaired) electrons. The van der Waals surface area contributed by atoms with E-state index >= 15 is 0 Å². The highest BCUT2D eigenvalue weighted by atomic mass is 16.5. The highest BCUT2D eigenvalue weighted by Crippen LogP contribution is 2.28. The van der Waals surface area contributed by atoms with Gasteiger partial charge in [-0.2, -0.15) is 0 Å². The van der Waals surface area contributed by atoms with Crippen LogP contribution in [0.2, 0.25) is 0 Å². The number of piperazine rings is 1. The Kier molecular flexibility index (Phi) is 5.94. The van der Waals surface area contributed by atoms with E-state index in [0.29, 0.717) is 0 Å². The van der Waals surface area contributed by atoms with Crippen LogP contribution in [0.15, 0.2) is 0 Å². The molecule has 2 saturated heterocycles. The molecule has 132 valence electrons. The molecule has 0 aromatic carbocycles. The molecule has 1 N–H and O–H groups in total. The molecule has 1 unspecified atom stereocenters. The smallest absolute Gasteiger partial charge is 0.223 e. The van der Waals surface area contributed by atoms with Gasteiger partial charge >= 0.3 is 0 Å². The SMILES string of the molecule is CN1CCN(C2(CNC(=O)C3CCCCC3)CCCOC2)CC1. The van der Waals surface area contributed by atoms with E-state index in [1.54, 1.807) is 0 Å². The number of nitrogens with one attached hydrogen (secondary N) is 1. The van der Waals surface area contributed by atoms with Crippen molar-refractivity contribution in [2.24, 2.45) is 5.92 Å². The molecule has 23 heavy (non-hydrogen) atoms. The number of hydrogen-bond donors (Lipinski definition) is 1. The van der Waals surface area contributed by atoms with Crippen molar-refractivity contribution in [3.8, 4) is 0 Å². The van der Waals surface area contributed by atoms with Gasteiger partial charge in [0, 0.05) is 45.2 Å². The van der Waals surface area contributed by atoms with Crippen LogP contribution in [0.4, 0.5) is 0 Å². The van der Waals surface area contributed by atoms with Crippen LogP contribution in [0.1, 0.15) is 44.9 Å². The van der Waals surface area contributed by atoms with Crippen molar-refractivity contribution in [2.45, 2.75) is 50.5 Å². The topological polar surface area (TPSA) is 44.8 Å². The molecule has 3 fully saturated rings. The van der Waals surface area contributed by atoms with Crippen LogP contribution < -0.4 is 5.32 Å². The highest BCUT2D eigenvalue weighted by Gasteiger charge is 2.40. The Labute approximate surface area is 140 Å². The second-order valence-electron chi connectivity index (χ2n) is 7.72. The van der Waals surface area contributed by atoms with Crippen LogP contribution in [0.5, 0.6) is 0 Å². The average molecular weight is 323 g/mol. The van der Waals surface area contributed by atoms with Crippen molar-refractivity contribution in [1.82, 2.24) is 15.1 Å². The number of carbonyl (C=O) groups is 1. The van der Waals surface area contributed by atoms with Crippen molar-refractivity contribution >= 4 is 5.91 Å². The van der Waals surface area contributed by atoms with Gasteiger partial charge in [0.25, 0.3) is 0 Å². The predicted octanol–water partition coefficient (Wildman–Crippen LogP) is 1.48. The minimum Gasteiger partial charge on any atom is -0.379 e. The van der Waals surface area contributed by atoms with Crippen LogP contribution in [-0.2, 0) is 9.53 Å². The van der Waals surface area contributed by atoms with Crippen molar-refractivity contribution in [3.05, 3.63) is 0 Å². The molecule has 1 aliphatic carbocycles. The number of carbonyl (C=O) groups excluding carboxylic acids is 1. The molecular weight excluding hydrogens is 290 g/mol. The van der Waals surface area contributed by atoms with Gasteiger partial charge in [-0.05, 0) is 32.7 Å². The Morgan fingerprint density at radius 3 is 2.52 bits per heavy atom. The van der Waals surface area contributed by atoms with Crippen LogP contribution in [-0.4, -0.2) is 74.2 Å². The average Bonchev–Trinajstić information content (AvgIpc) is 2.62. The van der Waals surface area contributed by atoms with Gasteiger partial charge in [-0.25, -0.2) is 0 Å². The summed E-state index contributed by atoms with van der Waals surface area (Å²) in [5, 5.41) is 3.30. The van der Waals surface area contributed by atoms with E-state index in [4.69, 9.17) is 4.74 Å². The lowest BCUT2D eigenvalue weighted by Crippen LogP contribution is -2.64. The third-order valence-corrected chi connectivity index (χ3v) is 6.04. The molecule has 0 bridgehead atoms. The maximum absolute atomic E-state index is 12.5. The summed E-state index contributed by atoms with van der Waals surface area (Å²) in [5.74, 6) is 0.529. The summed E-state index contributed by atoms with van der Waals surface area (Å²) in [5.41, 5.74) is 0.0177. The molecule has 2 heterocycles. The summed E-state index contributed by atoms with van der Waals surface area (Å²) >= 11 is 0. The first kappa shape index (κ1) is 17.2. The summed E-state index contributed by atoms with van der Waals surface area (Å²) in [6, 6.07) is 0. The molecule has 5 nitrogen and oxygen atoms in total. The van der Waals surface area contributed by atoms with Crippen molar-refractivity contribution < 1.29 is 9.53 Å². The Balaban J connectivity index is 1.58. The van der Waals surface area contributed by atoms with Gasteiger partial charge < -0.3 is 15.0 Å². The summed E-state index contributed by atoms with van der Waals surface area (Å²) in [4.78, 5) is 17.5. The van der Waals surface area contributed by atoms with Crippen molar-refractivity contribution in [1.29, 1.82) is 0 Å². The quantitative estimate of drug-likeness (QED) is 0.851. The van der Waals surface area contributed by atoms with Crippen LogP contribution in [0.25, 0.3) is 0 Å². The fourth-order valence-electron chi connectivity index (χ4n) is 4.38. The largest absolute Gasteiger partial charge is 0.379 e. The molecule has 2 aliphatic heterocycles. The van der Waals surface area contributed by atoms with E-state index in [1.807, 2.05) is 0 Å². The Morgan fingerprint density at radius 1 is 1.13 bits per heavy atom. The molecule has 0 aromatic rings. The van der Waals surface area contributed by atoms with E-state index in [9.17, 15) is 4.79 Å². The van der Waals surface area contributed by atoms with Crippen molar-refractivity contribution in [2.75, 3.05) is 53.0 Å². The van der Waals surface area contributed by atoms with Gasteiger partial charge in [0.05, 0.1) is 12.1 Å². The van der Waals surface area contributed by atoms with E-state index in [2.05, 4.69) is 22.2 Å². The summed E-state index contributed by atoms with van der Waals surface area (Å²) in [7, 11) is 2.19. The van der Waals surface area contributed by atoms with Crippen LogP contribution >= 0.6 is 0 Å². The highest BCUT2D eigenvalue weighted by molar-refractivity contribution is 5.78. The number of nitrogens with zero attached hydrogens (tertiary/aromatic N) is 2. The molecule has 3 rings (SSSR count). The standard InChI is InChI=1S/C18H33N3O2/c1-20-9-11-21(12-10-20)18(8-5-13-23-15-18)14-19-17(22)16-6-3-2-4-7-16/h16H,2-15H2,1H3,(H,19,22). The van der Waals surface area contributed by atoms with E-state index in [-0.39, 0.29) is 17.4 Å². The van der Waals surface area contributed by atoms with Gasteiger partial charge in [-0.1, -0.05) is 19.3 Å². The Hall–Kier alpha value is -0.650. The first-order valence-electron chi connectivity index (χ1n) is 9.49. The molecule has 1 saturated carbocycles. The van der Waals surface area contributed by atoms with Gasteiger partial charge in [0.1, 0.15) is 0 Å². The van der Waals surface area contributed by atoms with E-state index in [1.165, 1.54) is 19.3 Å². The minimum atomic E-state index is 0.0177. The normalized spacial score (nSPS) is 31.9. The minimum absolute atomic E-state index is 0.0177. The molecular formula is C18H33N3O2. The fourth-order valence-corrected chi connectivity index (χ4v) is 4.38. The molecule has 0 spiro atoms. The molecule has 3 aliphatic rings. The van der Waals surface area contributed by atoms with Crippen LogP contribution in [0, 0.1) is 5.92 Å². The maximum Gasteiger partial charge on any atom is 0.223 e. The maximum atomic E-state index is 12.5. The molecule has 0 aromatic heterocycles. The first-order valence-corrected chi connectivity index (χ1v) is 9.49. The number of amides is 1. The zero-order valence-corrected chi connectivity index (χ0v) is 14.7. The van der Waals surface area contributed by atoms with Crippen LogP contribution in [0.3, 0.4) is 0 Å². The third-order valence-electron chi connectivity index (χ3n) is 6.04. The molecule has 1 amide bonds. The van der Waals surface area contributed by atoms with E-state index in [0.717, 1.165) is 71.6 Å². The summed E-state index contributed by atoms with van der Waals surface area (Å²) < 4.78 is 5.84. The zero-order valence-electron chi connectivity index (χ0n) is 14.7. The molecule has 1 atom stereocenters. The van der Waals surface area contributed by atoms with Gasteiger partial charge in [0.2, 0.25) is 5.91 Å². The number of hydrogen-bond acceptors (Lipinski definition) is 4. The van der Waals surface area contributed by atoms with Gasteiger partial charge in [-0.15, -0.1) is 0 Å². The van der Waals surface area contributed by atoms with E-state index < -0.39 is 0 Å². The lowest BCUT2D eigenvalue weighted by atomic mass is 9.87. The fraction of sp³-hybridized carbons (Fsp3) is 0.944. The molecule has 5 heteroatoms. The summed E-state index contributed by atoms with van der Waals surface area (Å²) in [6.07, 6.45) is 8.11. The zero-order chi connectivity index (χ0) is 16.1. The number of likely N-dealkylation sites (N-methyl/N-ethyl adjacent to an activating group) is 1. The van der Waals surface area contributed by atoms with Gasteiger partial charge in [-0.3, -0.25) is 9.69 Å². The lowest BCUT2D eigenvalue weighted by molar-refractivity contribution is -0.128. The summed E-state index contributed by atoms with van der Waals surface area (Å²) in [6.45, 7) is 6.77. The monoisotopic (exact) mass is 323 g/mol. The Bertz CT molecular complexity index is 382. The number of ether oxygens (including phenoxy) is 1. The predicted molar refractivity (Wildman–Crippen MR) is 91.4 cm³/mol. The third kappa shape index (κ3) is 4.25. The Morgan fingerprint density at radius 2 is 1.87 bits per heavy atom.